The fourth-order valence-electron chi connectivity index (χ4n) is 4.41. The van der Waals surface area contributed by atoms with E-state index in [2.05, 4.69) is 15.5 Å². The molecule has 3 aromatic rings. The smallest absolute Gasteiger partial charge is 0.254 e. The van der Waals surface area contributed by atoms with Crippen LogP contribution in [0.2, 0.25) is 0 Å². The molecule has 1 saturated heterocycles. The van der Waals surface area contributed by atoms with Crippen molar-refractivity contribution in [1.82, 2.24) is 25.0 Å². The Kier molecular flexibility index (Phi) is 5.31. The highest BCUT2D eigenvalue weighted by atomic mass is 32.1. The lowest BCUT2D eigenvalue weighted by molar-refractivity contribution is -0.126. The standard InChI is InChI=1S/C23H25N5O2S/c29-21(24-14-20-25-26-23(31)28(20)17-8-9-17)16-10-12-27(13-11-16)22(30)19-7-3-5-15-4-1-2-6-18(15)19/h1-7,16-17H,8-14H2,(H,24,29)(H,26,31). The van der Waals surface area contributed by atoms with E-state index in [0.29, 0.717) is 43.3 Å². The van der Waals surface area contributed by atoms with Crippen molar-refractivity contribution in [3.8, 4) is 0 Å². The van der Waals surface area contributed by atoms with E-state index >= 15 is 0 Å². The van der Waals surface area contributed by atoms with Crippen LogP contribution in [0.5, 0.6) is 0 Å². The van der Waals surface area contributed by atoms with Crippen LogP contribution in [-0.4, -0.2) is 44.6 Å². The number of nitrogens with zero attached hydrogens (tertiary/aromatic N) is 3. The van der Waals surface area contributed by atoms with Gasteiger partial charge < -0.3 is 10.2 Å². The second-order valence-corrected chi connectivity index (χ2v) is 8.74. The molecule has 0 spiro atoms. The van der Waals surface area contributed by atoms with Crippen molar-refractivity contribution in [1.29, 1.82) is 0 Å². The Morgan fingerprint density at radius 1 is 1.06 bits per heavy atom. The fraction of sp³-hybridized carbons (Fsp3) is 0.391. The summed E-state index contributed by atoms with van der Waals surface area (Å²) < 4.78 is 2.63. The second kappa shape index (κ2) is 8.26. The van der Waals surface area contributed by atoms with Gasteiger partial charge >= 0.3 is 0 Å². The Hall–Kier alpha value is -3.00. The molecular weight excluding hydrogens is 410 g/mol. The van der Waals surface area contributed by atoms with Gasteiger partial charge in [-0.1, -0.05) is 36.4 Å². The van der Waals surface area contributed by atoms with Gasteiger partial charge in [0.15, 0.2) is 10.6 Å². The molecule has 0 atom stereocenters. The molecule has 160 valence electrons. The van der Waals surface area contributed by atoms with Crippen molar-refractivity contribution in [2.75, 3.05) is 13.1 Å². The fourth-order valence-corrected chi connectivity index (χ4v) is 4.71. The van der Waals surface area contributed by atoms with Crippen LogP contribution in [0.1, 0.15) is 47.9 Å². The second-order valence-electron chi connectivity index (χ2n) is 8.36. The minimum absolute atomic E-state index is 0.0218. The Labute approximate surface area is 185 Å². The average molecular weight is 436 g/mol. The van der Waals surface area contributed by atoms with Gasteiger partial charge in [0.05, 0.1) is 6.54 Å². The lowest BCUT2D eigenvalue weighted by Crippen LogP contribution is -2.43. The number of likely N-dealkylation sites (tertiary alicyclic amines) is 1. The predicted molar refractivity (Wildman–Crippen MR) is 120 cm³/mol. The Morgan fingerprint density at radius 3 is 2.58 bits per heavy atom. The van der Waals surface area contributed by atoms with Crippen LogP contribution in [0, 0.1) is 10.7 Å². The zero-order valence-electron chi connectivity index (χ0n) is 17.2. The molecule has 2 heterocycles. The van der Waals surface area contributed by atoms with E-state index in [4.69, 9.17) is 12.2 Å². The van der Waals surface area contributed by atoms with Gasteiger partial charge in [-0.15, -0.1) is 0 Å². The van der Waals surface area contributed by atoms with Crippen molar-refractivity contribution < 1.29 is 9.59 Å². The summed E-state index contributed by atoms with van der Waals surface area (Å²) >= 11 is 5.30. The predicted octanol–water partition coefficient (Wildman–Crippen LogP) is 3.60. The van der Waals surface area contributed by atoms with Gasteiger partial charge in [0.1, 0.15) is 0 Å². The molecule has 5 rings (SSSR count). The van der Waals surface area contributed by atoms with Gasteiger partial charge in [0.2, 0.25) is 5.91 Å². The first kappa shape index (κ1) is 19.9. The monoisotopic (exact) mass is 435 g/mol. The Morgan fingerprint density at radius 2 is 1.81 bits per heavy atom. The zero-order valence-corrected chi connectivity index (χ0v) is 18.0. The summed E-state index contributed by atoms with van der Waals surface area (Å²) in [5, 5.41) is 12.1. The van der Waals surface area contributed by atoms with Crippen LogP contribution in [0.15, 0.2) is 42.5 Å². The van der Waals surface area contributed by atoms with Crippen molar-refractivity contribution in [2.45, 2.75) is 38.3 Å². The first-order valence-electron chi connectivity index (χ1n) is 10.8. The van der Waals surface area contributed by atoms with Gasteiger partial charge in [-0.2, -0.15) is 5.10 Å². The minimum Gasteiger partial charge on any atom is -0.349 e. The van der Waals surface area contributed by atoms with Crippen LogP contribution in [0.4, 0.5) is 0 Å². The van der Waals surface area contributed by atoms with Crippen molar-refractivity contribution >= 4 is 34.8 Å². The molecule has 2 aliphatic rings. The molecule has 1 saturated carbocycles. The van der Waals surface area contributed by atoms with E-state index in [0.717, 1.165) is 35.0 Å². The number of rotatable bonds is 5. The maximum absolute atomic E-state index is 13.1. The number of piperidine rings is 1. The Balaban J connectivity index is 1.19. The summed E-state index contributed by atoms with van der Waals surface area (Å²) in [5.74, 6) is 0.751. The van der Waals surface area contributed by atoms with Crippen LogP contribution in [0.25, 0.3) is 10.8 Å². The molecule has 0 unspecified atom stereocenters. The molecular formula is C23H25N5O2S. The number of H-pyrrole nitrogens is 1. The quantitative estimate of drug-likeness (QED) is 0.600. The highest BCUT2D eigenvalue weighted by Gasteiger charge is 2.30. The molecule has 1 aliphatic carbocycles. The van der Waals surface area contributed by atoms with Crippen molar-refractivity contribution in [2.24, 2.45) is 5.92 Å². The molecule has 2 aromatic carbocycles. The first-order valence-corrected chi connectivity index (χ1v) is 11.2. The molecule has 0 bridgehead atoms. The molecule has 2 amide bonds. The number of benzene rings is 2. The minimum atomic E-state index is -0.0899. The molecule has 2 fully saturated rings. The lowest BCUT2D eigenvalue weighted by Gasteiger charge is -2.31. The number of carbonyl (C=O) groups excluding carboxylic acids is 2. The summed E-state index contributed by atoms with van der Waals surface area (Å²) in [5.41, 5.74) is 0.726. The van der Waals surface area contributed by atoms with E-state index in [1.54, 1.807) is 0 Å². The maximum atomic E-state index is 13.1. The summed E-state index contributed by atoms with van der Waals surface area (Å²) in [6, 6.07) is 14.2. The average Bonchev–Trinajstić information content (AvgIpc) is 3.58. The molecule has 2 N–H and O–H groups in total. The third-order valence-corrected chi connectivity index (χ3v) is 6.57. The SMILES string of the molecule is O=C(NCc1n[nH]c(=S)n1C1CC1)C1CCN(C(=O)c2cccc3ccccc23)CC1. The number of fused-ring (bicyclic) bond motifs is 1. The number of hydrogen-bond donors (Lipinski definition) is 2. The van der Waals surface area contributed by atoms with E-state index in [-0.39, 0.29) is 17.7 Å². The van der Waals surface area contributed by atoms with E-state index in [9.17, 15) is 9.59 Å². The number of aromatic amines is 1. The number of nitrogens with one attached hydrogen (secondary N) is 2. The van der Waals surface area contributed by atoms with Gasteiger partial charge in [0, 0.05) is 30.6 Å². The summed E-state index contributed by atoms with van der Waals surface area (Å²) in [4.78, 5) is 27.7. The number of carbonyl (C=O) groups is 2. The van der Waals surface area contributed by atoms with Crippen molar-refractivity contribution in [3.05, 3.63) is 58.6 Å². The lowest BCUT2D eigenvalue weighted by atomic mass is 9.95. The molecule has 1 aromatic heterocycles. The van der Waals surface area contributed by atoms with Gasteiger partial charge in [-0.3, -0.25) is 19.3 Å². The van der Waals surface area contributed by atoms with Crippen molar-refractivity contribution in [3.63, 3.8) is 0 Å². The normalized spacial score (nSPS) is 17.1. The third kappa shape index (κ3) is 3.99. The highest BCUT2D eigenvalue weighted by molar-refractivity contribution is 7.71. The van der Waals surface area contributed by atoms with Crippen LogP contribution >= 0.6 is 12.2 Å². The zero-order chi connectivity index (χ0) is 21.4. The molecule has 0 radical (unpaired) electrons. The summed E-state index contributed by atoms with van der Waals surface area (Å²) in [6.07, 6.45) is 3.55. The number of amides is 2. The van der Waals surface area contributed by atoms with E-state index in [1.165, 1.54) is 0 Å². The molecule has 8 heteroatoms. The van der Waals surface area contributed by atoms with Gasteiger partial charge in [-0.25, -0.2) is 0 Å². The summed E-state index contributed by atoms with van der Waals surface area (Å²) in [6.45, 7) is 1.54. The number of hydrogen-bond acceptors (Lipinski definition) is 4. The number of aromatic nitrogens is 3. The summed E-state index contributed by atoms with van der Waals surface area (Å²) in [7, 11) is 0. The van der Waals surface area contributed by atoms with Gasteiger partial charge in [-0.05, 0) is 54.7 Å². The third-order valence-electron chi connectivity index (χ3n) is 6.28. The van der Waals surface area contributed by atoms with Crippen LogP contribution in [-0.2, 0) is 11.3 Å². The largest absolute Gasteiger partial charge is 0.349 e. The van der Waals surface area contributed by atoms with E-state index in [1.807, 2.05) is 51.9 Å². The van der Waals surface area contributed by atoms with Crippen LogP contribution in [0.3, 0.4) is 0 Å². The van der Waals surface area contributed by atoms with Gasteiger partial charge in [0.25, 0.3) is 5.91 Å². The maximum Gasteiger partial charge on any atom is 0.254 e. The molecule has 7 nitrogen and oxygen atoms in total. The molecule has 1 aliphatic heterocycles. The van der Waals surface area contributed by atoms with E-state index < -0.39 is 0 Å². The Bertz CT molecular complexity index is 1180. The molecule has 31 heavy (non-hydrogen) atoms. The van der Waals surface area contributed by atoms with Crippen LogP contribution < -0.4 is 5.32 Å². The first-order chi connectivity index (χ1) is 15.1. The topological polar surface area (TPSA) is 83.0 Å². The highest BCUT2D eigenvalue weighted by Crippen LogP contribution is 2.35.